The van der Waals surface area contributed by atoms with Gasteiger partial charge in [-0.1, -0.05) is 35.1 Å². The standard InChI is InChI=1S/C27H30ClN5O2S/c1-15-13-20-25(36-26(29-20)32-11-12-33-17(3)30-31-21(33)14-32)23(18-7-9-19(28)10-8-18)22(15)24(16(2)34)35-27(4,5)6/h7-10,13,24H,11-12,14H2,1-6H3/t24-/m1/s1. The first-order valence-electron chi connectivity index (χ1n) is 12.0. The zero-order valence-electron chi connectivity index (χ0n) is 21.4. The lowest BCUT2D eigenvalue weighted by molar-refractivity contribution is -0.138. The summed E-state index contributed by atoms with van der Waals surface area (Å²) in [5, 5.41) is 10.2. The molecule has 0 saturated heterocycles. The van der Waals surface area contributed by atoms with Crippen molar-refractivity contribution in [3.05, 3.63) is 58.1 Å². The van der Waals surface area contributed by atoms with Crippen molar-refractivity contribution in [2.45, 2.75) is 66.3 Å². The molecule has 188 valence electrons. The van der Waals surface area contributed by atoms with E-state index < -0.39 is 11.7 Å². The maximum atomic E-state index is 12.9. The number of carbonyl (C=O) groups is 1. The Kier molecular flexibility index (Phi) is 6.39. The van der Waals surface area contributed by atoms with Gasteiger partial charge in [0.15, 0.2) is 16.7 Å². The summed E-state index contributed by atoms with van der Waals surface area (Å²) in [5.41, 5.74) is 4.24. The Morgan fingerprint density at radius 3 is 2.53 bits per heavy atom. The first-order valence-corrected chi connectivity index (χ1v) is 13.2. The number of halogens is 1. The number of ether oxygens (including phenoxy) is 1. The molecule has 0 unspecified atom stereocenters. The Morgan fingerprint density at radius 1 is 1.14 bits per heavy atom. The van der Waals surface area contributed by atoms with E-state index in [0.29, 0.717) is 11.6 Å². The molecule has 0 fully saturated rings. The first-order chi connectivity index (χ1) is 17.0. The number of hydrogen-bond donors (Lipinski definition) is 0. The van der Waals surface area contributed by atoms with Gasteiger partial charge in [0.05, 0.1) is 22.4 Å². The number of benzene rings is 2. The quantitative estimate of drug-likeness (QED) is 0.306. The number of ketones is 1. The van der Waals surface area contributed by atoms with E-state index in [1.165, 1.54) is 0 Å². The molecule has 5 rings (SSSR count). The Bertz CT molecular complexity index is 1450. The van der Waals surface area contributed by atoms with Gasteiger partial charge in [0.2, 0.25) is 0 Å². The van der Waals surface area contributed by atoms with E-state index in [4.69, 9.17) is 21.3 Å². The van der Waals surface area contributed by atoms with E-state index >= 15 is 0 Å². The van der Waals surface area contributed by atoms with Gasteiger partial charge in [0.1, 0.15) is 11.9 Å². The fourth-order valence-electron chi connectivity index (χ4n) is 4.74. The lowest BCUT2D eigenvalue weighted by atomic mass is 9.90. The van der Waals surface area contributed by atoms with E-state index in [1.807, 2.05) is 58.9 Å². The molecule has 36 heavy (non-hydrogen) atoms. The number of Topliss-reactive ketones (excluding diaryl/α,β-unsaturated/α-hetero) is 1. The van der Waals surface area contributed by atoms with E-state index in [-0.39, 0.29) is 5.78 Å². The van der Waals surface area contributed by atoms with Crippen LogP contribution in [0.3, 0.4) is 0 Å². The van der Waals surface area contributed by atoms with Crippen molar-refractivity contribution in [3.8, 4) is 11.1 Å². The van der Waals surface area contributed by atoms with Crippen LogP contribution >= 0.6 is 22.9 Å². The van der Waals surface area contributed by atoms with Crippen LogP contribution in [-0.2, 0) is 22.6 Å². The van der Waals surface area contributed by atoms with Crippen LogP contribution in [0, 0.1) is 13.8 Å². The zero-order chi connectivity index (χ0) is 25.8. The molecule has 0 aliphatic carbocycles. The Balaban J connectivity index is 1.69. The van der Waals surface area contributed by atoms with Gasteiger partial charge in [-0.2, -0.15) is 0 Å². The number of aromatic nitrogens is 4. The number of thiazole rings is 1. The highest BCUT2D eigenvalue weighted by Gasteiger charge is 2.31. The van der Waals surface area contributed by atoms with Crippen LogP contribution < -0.4 is 4.90 Å². The minimum Gasteiger partial charge on any atom is -0.360 e. The third-order valence-electron chi connectivity index (χ3n) is 6.36. The third kappa shape index (κ3) is 4.65. The predicted molar refractivity (Wildman–Crippen MR) is 145 cm³/mol. The van der Waals surface area contributed by atoms with Crippen LogP contribution in [0.25, 0.3) is 21.3 Å². The molecule has 1 atom stereocenters. The van der Waals surface area contributed by atoms with E-state index in [0.717, 1.165) is 62.3 Å². The van der Waals surface area contributed by atoms with Gasteiger partial charge in [-0.3, -0.25) is 4.79 Å². The lowest BCUT2D eigenvalue weighted by Crippen LogP contribution is -2.34. The predicted octanol–water partition coefficient (Wildman–Crippen LogP) is 6.29. The molecule has 0 radical (unpaired) electrons. The number of carbonyl (C=O) groups excluding carboxylic acids is 1. The molecular weight excluding hydrogens is 494 g/mol. The minimum absolute atomic E-state index is 0.0296. The van der Waals surface area contributed by atoms with Crippen LogP contribution in [0.1, 0.15) is 56.6 Å². The number of fused-ring (bicyclic) bond motifs is 2. The van der Waals surface area contributed by atoms with Crippen molar-refractivity contribution in [1.29, 1.82) is 0 Å². The molecule has 2 aromatic heterocycles. The van der Waals surface area contributed by atoms with E-state index in [2.05, 4.69) is 25.7 Å². The highest BCUT2D eigenvalue weighted by Crippen LogP contribution is 2.44. The van der Waals surface area contributed by atoms with Crippen LogP contribution in [-0.4, -0.2) is 37.7 Å². The number of nitrogens with zero attached hydrogens (tertiary/aromatic N) is 5. The Morgan fingerprint density at radius 2 is 1.86 bits per heavy atom. The molecule has 9 heteroatoms. The average molecular weight is 524 g/mol. The summed E-state index contributed by atoms with van der Waals surface area (Å²) in [6.07, 6.45) is -0.692. The second kappa shape index (κ2) is 9.25. The molecule has 0 saturated carbocycles. The maximum absolute atomic E-state index is 12.9. The highest BCUT2D eigenvalue weighted by molar-refractivity contribution is 7.22. The molecular formula is C27H30ClN5O2S. The van der Waals surface area contributed by atoms with Crippen LogP contribution in [0.15, 0.2) is 30.3 Å². The molecule has 1 aliphatic rings. The highest BCUT2D eigenvalue weighted by atomic mass is 35.5. The minimum atomic E-state index is -0.692. The average Bonchev–Trinajstić information content (AvgIpc) is 3.40. The molecule has 2 aromatic carbocycles. The molecule has 0 amide bonds. The largest absolute Gasteiger partial charge is 0.360 e. The van der Waals surface area contributed by atoms with Crippen molar-refractivity contribution >= 4 is 44.1 Å². The van der Waals surface area contributed by atoms with Gasteiger partial charge < -0.3 is 14.2 Å². The summed E-state index contributed by atoms with van der Waals surface area (Å²) < 4.78 is 9.53. The van der Waals surface area contributed by atoms with Crippen molar-refractivity contribution in [2.24, 2.45) is 0 Å². The fourth-order valence-corrected chi connectivity index (χ4v) is 6.02. The summed E-state index contributed by atoms with van der Waals surface area (Å²) in [6, 6.07) is 9.83. The second-order valence-corrected chi connectivity index (χ2v) is 11.7. The normalized spacial score (nSPS) is 14.8. The number of anilines is 1. The summed E-state index contributed by atoms with van der Waals surface area (Å²) in [4.78, 5) is 20.2. The van der Waals surface area contributed by atoms with Crippen LogP contribution in [0.5, 0.6) is 0 Å². The van der Waals surface area contributed by atoms with Crippen molar-refractivity contribution in [1.82, 2.24) is 19.7 Å². The third-order valence-corrected chi connectivity index (χ3v) is 7.76. The van der Waals surface area contributed by atoms with Gasteiger partial charge >= 0.3 is 0 Å². The van der Waals surface area contributed by atoms with Crippen molar-refractivity contribution in [3.63, 3.8) is 0 Å². The second-order valence-electron chi connectivity index (χ2n) is 10.3. The topological polar surface area (TPSA) is 73.1 Å². The van der Waals surface area contributed by atoms with Crippen LogP contribution in [0.2, 0.25) is 5.02 Å². The summed E-state index contributed by atoms with van der Waals surface area (Å²) in [5.74, 6) is 1.86. The van der Waals surface area contributed by atoms with Gasteiger partial charge in [0.25, 0.3) is 0 Å². The fraction of sp³-hybridized carbons (Fsp3) is 0.407. The molecule has 0 bridgehead atoms. The van der Waals surface area contributed by atoms with Gasteiger partial charge in [-0.05, 0) is 70.9 Å². The monoisotopic (exact) mass is 523 g/mol. The molecule has 3 heterocycles. The lowest BCUT2D eigenvalue weighted by Gasteiger charge is -2.29. The maximum Gasteiger partial charge on any atom is 0.186 e. The number of aryl methyl sites for hydroxylation is 2. The smallest absolute Gasteiger partial charge is 0.186 e. The Labute approximate surface area is 220 Å². The summed E-state index contributed by atoms with van der Waals surface area (Å²) in [7, 11) is 0. The molecule has 1 aliphatic heterocycles. The number of hydrogen-bond acceptors (Lipinski definition) is 7. The molecule has 0 spiro atoms. The van der Waals surface area contributed by atoms with Gasteiger partial charge in [-0.15, -0.1) is 10.2 Å². The zero-order valence-corrected chi connectivity index (χ0v) is 23.0. The van der Waals surface area contributed by atoms with E-state index in [1.54, 1.807) is 18.3 Å². The van der Waals surface area contributed by atoms with Gasteiger partial charge in [-0.25, -0.2) is 4.98 Å². The van der Waals surface area contributed by atoms with Gasteiger partial charge in [0, 0.05) is 29.2 Å². The summed E-state index contributed by atoms with van der Waals surface area (Å²) in [6.45, 7) is 13.8. The number of rotatable bonds is 5. The van der Waals surface area contributed by atoms with Crippen LogP contribution in [0.4, 0.5) is 5.13 Å². The van der Waals surface area contributed by atoms with Crippen molar-refractivity contribution in [2.75, 3.05) is 11.4 Å². The molecule has 7 nitrogen and oxygen atoms in total. The van der Waals surface area contributed by atoms with E-state index in [9.17, 15) is 4.79 Å². The SMILES string of the molecule is CC(=O)[C@@H](OC(C)(C)C)c1c(C)cc2nc(N3CCn4c(C)nnc4C3)sc2c1-c1ccc(Cl)cc1. The molecule has 4 aromatic rings. The molecule has 0 N–H and O–H groups in total. The van der Waals surface area contributed by atoms with Crippen molar-refractivity contribution < 1.29 is 9.53 Å². The first kappa shape index (κ1) is 24.9. The Hall–Kier alpha value is -2.81. The summed E-state index contributed by atoms with van der Waals surface area (Å²) >= 11 is 7.87.